The Balaban J connectivity index is 1.60. The minimum Gasteiger partial charge on any atom is -0.235 e. The van der Waals surface area contributed by atoms with Gasteiger partial charge in [0.2, 0.25) is 0 Å². The first kappa shape index (κ1) is 16.5. The summed E-state index contributed by atoms with van der Waals surface area (Å²) in [6.45, 7) is 0. The van der Waals surface area contributed by atoms with Crippen LogP contribution in [0, 0.1) is 0 Å². The molecule has 0 fully saturated rings. The van der Waals surface area contributed by atoms with Crippen LogP contribution < -0.4 is 0 Å². The summed E-state index contributed by atoms with van der Waals surface area (Å²) in [5.41, 5.74) is 0.732. The van der Waals surface area contributed by atoms with Gasteiger partial charge in [-0.05, 0) is 35.7 Å². The topological polar surface area (TPSA) is 12.9 Å². The van der Waals surface area contributed by atoms with Crippen LogP contribution in [0.15, 0.2) is 59.3 Å². The van der Waals surface area contributed by atoms with Crippen molar-refractivity contribution in [2.45, 2.75) is 6.18 Å². The highest BCUT2D eigenvalue weighted by atomic mass is 32.1. The lowest BCUT2D eigenvalue weighted by molar-refractivity contribution is -0.137. The van der Waals surface area contributed by atoms with Gasteiger partial charge in [0, 0.05) is 20.7 Å². The minimum absolute atomic E-state index is 0.648. The second-order valence-electron chi connectivity index (χ2n) is 5.25. The van der Waals surface area contributed by atoms with Crippen molar-refractivity contribution >= 4 is 34.0 Å². The van der Waals surface area contributed by atoms with Crippen LogP contribution in [0.2, 0.25) is 0 Å². The first-order valence-corrected chi connectivity index (χ1v) is 9.85. The molecule has 126 valence electrons. The van der Waals surface area contributed by atoms with E-state index in [9.17, 15) is 13.2 Å². The van der Waals surface area contributed by atoms with Gasteiger partial charge in [0.15, 0.2) is 0 Å². The molecule has 0 unspecified atom stereocenters. The summed E-state index contributed by atoms with van der Waals surface area (Å²) >= 11 is 4.86. The van der Waals surface area contributed by atoms with Gasteiger partial charge < -0.3 is 0 Å². The average Bonchev–Trinajstić information content (AvgIpc) is 3.33. The van der Waals surface area contributed by atoms with E-state index in [-0.39, 0.29) is 0 Å². The summed E-state index contributed by atoms with van der Waals surface area (Å²) in [4.78, 5) is 8.06. The Morgan fingerprint density at radius 1 is 0.800 bits per heavy atom. The molecule has 0 aliphatic heterocycles. The van der Waals surface area contributed by atoms with Crippen molar-refractivity contribution < 1.29 is 13.2 Å². The summed E-state index contributed by atoms with van der Waals surface area (Å²) in [5, 5.41) is 4.80. The molecule has 0 bridgehead atoms. The van der Waals surface area contributed by atoms with Crippen molar-refractivity contribution in [3.05, 3.63) is 64.9 Å². The molecule has 0 amide bonds. The lowest BCUT2D eigenvalue weighted by Gasteiger charge is -2.06. The zero-order chi connectivity index (χ0) is 17.4. The van der Waals surface area contributed by atoms with E-state index in [2.05, 4.69) is 17.1 Å². The summed E-state index contributed by atoms with van der Waals surface area (Å²) < 4.78 is 38.0. The molecule has 3 aromatic heterocycles. The minimum atomic E-state index is -4.32. The number of rotatable bonds is 3. The standard InChI is InChI=1S/C18H10F3NS3/c19-18(20,21)12-5-3-11(4-6-12)13-10-24-17(22-13)16-8-7-15(25-16)14-2-1-9-23-14/h1-10H. The number of halogens is 3. The number of thiophene rings is 2. The Morgan fingerprint density at radius 2 is 1.56 bits per heavy atom. The van der Waals surface area contributed by atoms with Crippen molar-refractivity contribution in [1.29, 1.82) is 0 Å². The van der Waals surface area contributed by atoms with Crippen LogP contribution in [0.1, 0.15) is 5.56 Å². The summed E-state index contributed by atoms with van der Waals surface area (Å²) in [6, 6.07) is 13.3. The summed E-state index contributed by atoms with van der Waals surface area (Å²) in [6.07, 6.45) is -4.32. The first-order chi connectivity index (χ1) is 12.0. The second kappa shape index (κ2) is 6.40. The Bertz CT molecular complexity index is 979. The van der Waals surface area contributed by atoms with E-state index >= 15 is 0 Å². The number of aromatic nitrogens is 1. The van der Waals surface area contributed by atoms with Gasteiger partial charge in [-0.3, -0.25) is 0 Å². The van der Waals surface area contributed by atoms with Gasteiger partial charge in [-0.25, -0.2) is 4.98 Å². The van der Waals surface area contributed by atoms with Gasteiger partial charge in [-0.2, -0.15) is 13.2 Å². The van der Waals surface area contributed by atoms with Gasteiger partial charge >= 0.3 is 6.18 Å². The van der Waals surface area contributed by atoms with Crippen LogP contribution in [-0.4, -0.2) is 4.98 Å². The molecule has 1 aromatic carbocycles. The highest BCUT2D eigenvalue weighted by Crippen LogP contribution is 2.39. The van der Waals surface area contributed by atoms with Crippen molar-refractivity contribution in [3.8, 4) is 30.9 Å². The highest BCUT2D eigenvalue weighted by Gasteiger charge is 2.30. The second-order valence-corrected chi connectivity index (χ2v) is 8.14. The molecule has 4 rings (SSSR count). The molecule has 0 spiro atoms. The molecule has 0 saturated carbocycles. The number of nitrogens with zero attached hydrogens (tertiary/aromatic N) is 1. The smallest absolute Gasteiger partial charge is 0.235 e. The third-order valence-corrected chi connectivity index (χ3v) is 6.76. The Hall–Kier alpha value is -1.96. The molecule has 0 atom stereocenters. The molecule has 0 N–H and O–H groups in total. The van der Waals surface area contributed by atoms with E-state index < -0.39 is 11.7 Å². The Labute approximate surface area is 154 Å². The van der Waals surface area contributed by atoms with E-state index in [1.54, 1.807) is 22.7 Å². The molecule has 25 heavy (non-hydrogen) atoms. The number of thiazole rings is 1. The van der Waals surface area contributed by atoms with Gasteiger partial charge in [0.05, 0.1) is 16.1 Å². The molecule has 3 heterocycles. The van der Waals surface area contributed by atoms with E-state index in [0.29, 0.717) is 11.3 Å². The van der Waals surface area contributed by atoms with Gasteiger partial charge in [0.25, 0.3) is 0 Å². The maximum Gasteiger partial charge on any atom is 0.416 e. The van der Waals surface area contributed by atoms with Crippen molar-refractivity contribution in [3.63, 3.8) is 0 Å². The summed E-state index contributed by atoms with van der Waals surface area (Å²) in [7, 11) is 0. The zero-order valence-electron chi connectivity index (χ0n) is 12.6. The third kappa shape index (κ3) is 3.40. The van der Waals surface area contributed by atoms with Crippen LogP contribution in [0.5, 0.6) is 0 Å². The fraction of sp³-hybridized carbons (Fsp3) is 0.0556. The monoisotopic (exact) mass is 393 g/mol. The predicted molar refractivity (Wildman–Crippen MR) is 99.2 cm³/mol. The molecule has 0 aliphatic rings. The quantitative estimate of drug-likeness (QED) is 0.356. The van der Waals surface area contributed by atoms with Crippen molar-refractivity contribution in [2.24, 2.45) is 0 Å². The van der Waals surface area contributed by atoms with Gasteiger partial charge in [-0.15, -0.1) is 34.0 Å². The largest absolute Gasteiger partial charge is 0.416 e. The van der Waals surface area contributed by atoms with Crippen LogP contribution in [0.25, 0.3) is 30.9 Å². The molecule has 4 aromatic rings. The molecule has 1 nitrogen and oxygen atoms in total. The zero-order valence-corrected chi connectivity index (χ0v) is 15.0. The molecule has 0 radical (unpaired) electrons. The highest BCUT2D eigenvalue weighted by molar-refractivity contribution is 7.25. The maximum absolute atomic E-state index is 12.7. The molecule has 0 saturated heterocycles. The fourth-order valence-corrected chi connectivity index (χ4v) is 5.10. The molecular formula is C18H10F3NS3. The average molecular weight is 393 g/mol. The number of hydrogen-bond acceptors (Lipinski definition) is 4. The fourth-order valence-electron chi connectivity index (χ4n) is 2.35. The first-order valence-electron chi connectivity index (χ1n) is 7.28. The van der Waals surface area contributed by atoms with Crippen LogP contribution in [-0.2, 0) is 6.18 Å². The number of alkyl halides is 3. The van der Waals surface area contributed by atoms with Gasteiger partial charge in [0.1, 0.15) is 5.01 Å². The lowest BCUT2D eigenvalue weighted by Crippen LogP contribution is -2.03. The normalized spacial score (nSPS) is 11.8. The van der Waals surface area contributed by atoms with E-state index in [4.69, 9.17) is 0 Å². The molecule has 0 aliphatic carbocycles. The maximum atomic E-state index is 12.7. The Kier molecular flexibility index (Phi) is 4.23. The van der Waals surface area contributed by atoms with Crippen molar-refractivity contribution in [2.75, 3.05) is 0 Å². The lowest BCUT2D eigenvalue weighted by atomic mass is 10.1. The van der Waals surface area contributed by atoms with Crippen LogP contribution in [0.4, 0.5) is 13.2 Å². The molecule has 7 heteroatoms. The molecular weight excluding hydrogens is 383 g/mol. The Morgan fingerprint density at radius 3 is 2.24 bits per heavy atom. The SMILES string of the molecule is FC(F)(F)c1ccc(-c2csc(-c3ccc(-c4cccs4)s3)n2)cc1. The number of benzene rings is 1. The van der Waals surface area contributed by atoms with Crippen LogP contribution >= 0.6 is 34.0 Å². The predicted octanol–water partition coefficient (Wildman–Crippen LogP) is 7.29. The van der Waals surface area contributed by atoms with Crippen LogP contribution in [0.3, 0.4) is 0 Å². The van der Waals surface area contributed by atoms with Crippen molar-refractivity contribution in [1.82, 2.24) is 4.98 Å². The third-order valence-electron chi connectivity index (χ3n) is 3.59. The van der Waals surface area contributed by atoms with E-state index in [1.165, 1.54) is 33.2 Å². The van der Waals surface area contributed by atoms with E-state index in [1.807, 2.05) is 22.9 Å². The summed E-state index contributed by atoms with van der Waals surface area (Å²) in [5.74, 6) is 0. The van der Waals surface area contributed by atoms with E-state index in [0.717, 1.165) is 22.0 Å². The number of hydrogen-bond donors (Lipinski definition) is 0. The van der Waals surface area contributed by atoms with Gasteiger partial charge in [-0.1, -0.05) is 18.2 Å².